The van der Waals surface area contributed by atoms with E-state index in [0.717, 1.165) is 34.4 Å². The predicted molar refractivity (Wildman–Crippen MR) is 82.3 cm³/mol. The van der Waals surface area contributed by atoms with Crippen molar-refractivity contribution >= 4 is 21.4 Å². The minimum Gasteiger partial charge on any atom is -0.343 e. The highest BCUT2D eigenvalue weighted by Gasteiger charge is 2.20. The number of aromatic nitrogens is 3. The number of anilines is 1. The van der Waals surface area contributed by atoms with Gasteiger partial charge >= 0.3 is 0 Å². The van der Waals surface area contributed by atoms with Gasteiger partial charge in [-0.1, -0.05) is 44.3 Å². The van der Waals surface area contributed by atoms with Crippen molar-refractivity contribution in [3.8, 4) is 0 Å². The van der Waals surface area contributed by atoms with Crippen LogP contribution >= 0.6 is 11.3 Å². The van der Waals surface area contributed by atoms with Crippen molar-refractivity contribution in [2.24, 2.45) is 0 Å². The van der Waals surface area contributed by atoms with Crippen molar-refractivity contribution in [3.05, 3.63) is 24.0 Å². The van der Waals surface area contributed by atoms with E-state index in [9.17, 15) is 0 Å². The van der Waals surface area contributed by atoms with Gasteiger partial charge in [0, 0.05) is 18.5 Å². The standard InChI is InChI=1S/C14H22N4S/c1-7-17(8-10(2)3)13-16-18-9-11(14(4,5)6)15-12(18)19-13/h9H,2,7-8H2,1,3-6H3. The molecule has 0 spiro atoms. The van der Waals surface area contributed by atoms with Gasteiger partial charge in [-0.2, -0.15) is 0 Å². The van der Waals surface area contributed by atoms with E-state index in [1.165, 1.54) is 0 Å². The lowest BCUT2D eigenvalue weighted by Crippen LogP contribution is -2.24. The third-order valence-corrected chi connectivity index (χ3v) is 3.90. The van der Waals surface area contributed by atoms with Crippen LogP contribution in [0.2, 0.25) is 0 Å². The molecule has 0 saturated carbocycles. The Hall–Kier alpha value is -1.36. The maximum atomic E-state index is 4.67. The molecule has 0 amide bonds. The second kappa shape index (κ2) is 4.96. The van der Waals surface area contributed by atoms with Crippen LogP contribution < -0.4 is 4.90 Å². The third kappa shape index (κ3) is 2.97. The zero-order valence-electron chi connectivity index (χ0n) is 12.4. The minimum atomic E-state index is 0.0652. The number of fused-ring (bicyclic) bond motifs is 1. The van der Waals surface area contributed by atoms with Gasteiger partial charge in [0.15, 0.2) is 0 Å². The van der Waals surface area contributed by atoms with Crippen LogP contribution in [0, 0.1) is 0 Å². The summed E-state index contributed by atoms with van der Waals surface area (Å²) in [6, 6.07) is 0. The molecule has 0 radical (unpaired) electrons. The number of likely N-dealkylation sites (N-methyl/N-ethyl adjacent to an activating group) is 1. The molecule has 0 aromatic carbocycles. The largest absolute Gasteiger partial charge is 0.343 e. The molecule has 0 aliphatic heterocycles. The molecule has 5 heteroatoms. The Morgan fingerprint density at radius 2 is 2.16 bits per heavy atom. The van der Waals surface area contributed by atoms with Gasteiger partial charge in [-0.3, -0.25) is 0 Å². The summed E-state index contributed by atoms with van der Waals surface area (Å²) < 4.78 is 1.89. The van der Waals surface area contributed by atoms with Gasteiger partial charge in [-0.15, -0.1) is 5.10 Å². The molecule has 2 heterocycles. The Balaban J connectivity index is 2.32. The van der Waals surface area contributed by atoms with Gasteiger partial charge in [0.25, 0.3) is 0 Å². The van der Waals surface area contributed by atoms with E-state index in [-0.39, 0.29) is 5.41 Å². The predicted octanol–water partition coefficient (Wildman–Crippen LogP) is 3.49. The molecule has 0 atom stereocenters. The van der Waals surface area contributed by atoms with E-state index in [1.54, 1.807) is 11.3 Å². The Morgan fingerprint density at radius 1 is 1.47 bits per heavy atom. The van der Waals surface area contributed by atoms with Crippen LogP contribution in [-0.2, 0) is 5.41 Å². The Bertz CT molecular complexity index is 557. The van der Waals surface area contributed by atoms with Crippen LogP contribution in [0.4, 0.5) is 5.13 Å². The van der Waals surface area contributed by atoms with Crippen LogP contribution in [0.25, 0.3) is 4.96 Å². The molecule has 2 aromatic rings. The molecule has 104 valence electrons. The molecule has 4 nitrogen and oxygen atoms in total. The van der Waals surface area contributed by atoms with Crippen LogP contribution in [0.1, 0.15) is 40.3 Å². The summed E-state index contributed by atoms with van der Waals surface area (Å²) in [6.45, 7) is 16.4. The van der Waals surface area contributed by atoms with Crippen molar-refractivity contribution < 1.29 is 0 Å². The molecule has 0 unspecified atom stereocenters. The molecule has 2 rings (SSSR count). The summed E-state index contributed by atoms with van der Waals surface area (Å²) in [6.07, 6.45) is 2.03. The van der Waals surface area contributed by atoms with E-state index in [0.29, 0.717) is 0 Å². The van der Waals surface area contributed by atoms with Crippen LogP contribution in [-0.4, -0.2) is 27.7 Å². The monoisotopic (exact) mass is 278 g/mol. The van der Waals surface area contributed by atoms with Crippen molar-refractivity contribution in [1.82, 2.24) is 14.6 Å². The lowest BCUT2D eigenvalue weighted by molar-refractivity contribution is 0.572. The zero-order valence-corrected chi connectivity index (χ0v) is 13.2. The number of nitrogens with zero attached hydrogens (tertiary/aromatic N) is 4. The Labute approximate surface area is 118 Å². The van der Waals surface area contributed by atoms with Gasteiger partial charge in [0.2, 0.25) is 10.1 Å². The first-order chi connectivity index (χ1) is 8.81. The maximum absolute atomic E-state index is 4.67. The fourth-order valence-electron chi connectivity index (χ4n) is 1.82. The van der Waals surface area contributed by atoms with Crippen molar-refractivity contribution in [2.45, 2.75) is 40.0 Å². The average Bonchev–Trinajstić information content (AvgIpc) is 2.81. The van der Waals surface area contributed by atoms with Gasteiger partial charge in [0.1, 0.15) is 0 Å². The fourth-order valence-corrected chi connectivity index (χ4v) is 2.77. The Kier molecular flexibility index (Phi) is 3.67. The summed E-state index contributed by atoms with van der Waals surface area (Å²) in [4.78, 5) is 7.85. The molecule has 0 N–H and O–H groups in total. The zero-order chi connectivity index (χ0) is 14.2. The molecule has 0 saturated heterocycles. The first-order valence-corrected chi connectivity index (χ1v) is 7.39. The second-order valence-corrected chi connectivity index (χ2v) is 6.89. The topological polar surface area (TPSA) is 33.4 Å². The van der Waals surface area contributed by atoms with Crippen LogP contribution in [0.15, 0.2) is 18.3 Å². The number of rotatable bonds is 4. The summed E-state index contributed by atoms with van der Waals surface area (Å²) in [5, 5.41) is 5.64. The first kappa shape index (κ1) is 14.1. The normalized spacial score (nSPS) is 12.1. The van der Waals surface area contributed by atoms with E-state index in [2.05, 4.69) is 49.3 Å². The molecule has 19 heavy (non-hydrogen) atoms. The SMILES string of the molecule is C=C(C)CN(CC)c1nn2cc(C(C)(C)C)nc2s1. The van der Waals surface area contributed by atoms with Crippen molar-refractivity contribution in [2.75, 3.05) is 18.0 Å². The van der Waals surface area contributed by atoms with E-state index in [4.69, 9.17) is 0 Å². The molecule has 0 aliphatic carbocycles. The molecular formula is C14H22N4S. The molecular weight excluding hydrogens is 256 g/mol. The number of hydrogen-bond donors (Lipinski definition) is 0. The first-order valence-electron chi connectivity index (χ1n) is 6.57. The fraction of sp³-hybridized carbons (Fsp3) is 0.571. The summed E-state index contributed by atoms with van der Waals surface area (Å²) in [5.74, 6) is 0. The van der Waals surface area contributed by atoms with Gasteiger partial charge < -0.3 is 4.90 Å². The van der Waals surface area contributed by atoms with Gasteiger partial charge in [-0.05, 0) is 13.8 Å². The number of hydrogen-bond acceptors (Lipinski definition) is 4. The van der Waals surface area contributed by atoms with Gasteiger partial charge in [-0.25, -0.2) is 9.50 Å². The highest BCUT2D eigenvalue weighted by molar-refractivity contribution is 7.20. The van der Waals surface area contributed by atoms with E-state index >= 15 is 0 Å². The Morgan fingerprint density at radius 3 is 2.63 bits per heavy atom. The van der Waals surface area contributed by atoms with E-state index < -0.39 is 0 Å². The summed E-state index contributed by atoms with van der Waals surface area (Å²) >= 11 is 1.63. The quantitative estimate of drug-likeness (QED) is 0.803. The lowest BCUT2D eigenvalue weighted by Gasteiger charge is -2.19. The molecule has 0 fully saturated rings. The average molecular weight is 278 g/mol. The summed E-state index contributed by atoms with van der Waals surface area (Å²) in [5.41, 5.74) is 2.29. The van der Waals surface area contributed by atoms with Crippen molar-refractivity contribution in [3.63, 3.8) is 0 Å². The lowest BCUT2D eigenvalue weighted by atomic mass is 9.93. The molecule has 0 bridgehead atoms. The number of imidazole rings is 1. The highest BCUT2D eigenvalue weighted by atomic mass is 32.1. The highest BCUT2D eigenvalue weighted by Crippen LogP contribution is 2.27. The summed E-state index contributed by atoms with van der Waals surface area (Å²) in [7, 11) is 0. The van der Waals surface area contributed by atoms with Crippen LogP contribution in [0.3, 0.4) is 0 Å². The van der Waals surface area contributed by atoms with Crippen molar-refractivity contribution in [1.29, 1.82) is 0 Å². The van der Waals surface area contributed by atoms with Gasteiger partial charge in [0.05, 0.1) is 11.9 Å². The maximum Gasteiger partial charge on any atom is 0.214 e. The van der Waals surface area contributed by atoms with Crippen LogP contribution in [0.5, 0.6) is 0 Å². The smallest absolute Gasteiger partial charge is 0.214 e. The van der Waals surface area contributed by atoms with E-state index in [1.807, 2.05) is 17.6 Å². The third-order valence-electron chi connectivity index (χ3n) is 2.91. The second-order valence-electron chi connectivity index (χ2n) is 5.96. The minimum absolute atomic E-state index is 0.0652. The molecule has 2 aromatic heterocycles. The molecule has 0 aliphatic rings.